The summed E-state index contributed by atoms with van der Waals surface area (Å²) in [5, 5.41) is 2.35. The normalized spacial score (nSPS) is 13.6. The van der Waals surface area contributed by atoms with Crippen LogP contribution in [0.2, 0.25) is 0 Å². The van der Waals surface area contributed by atoms with E-state index in [1.807, 2.05) is 0 Å². The van der Waals surface area contributed by atoms with E-state index in [0.29, 0.717) is 12.0 Å². The van der Waals surface area contributed by atoms with Crippen LogP contribution in [0.1, 0.15) is 27.7 Å². The predicted molar refractivity (Wildman–Crippen MR) is 79.1 cm³/mol. The second kappa shape index (κ2) is 10.5. The Kier molecular flexibility index (Phi) is 9.95. The largest absolute Gasteiger partial charge is 0.464 e. The lowest BCUT2D eigenvalue weighted by Gasteiger charge is -2.18. The van der Waals surface area contributed by atoms with E-state index in [9.17, 15) is 14.2 Å². The predicted octanol–water partition coefficient (Wildman–Crippen LogP) is 1.88. The zero-order valence-electron chi connectivity index (χ0n) is 13.0. The SMILES string of the molecule is CCOC(=O)C(C=C(C)CP(=O)(OCC)OCC)NC=O. The number of nitrogens with one attached hydrogen (secondary N) is 1. The average Bonchev–Trinajstić information content (AvgIpc) is 2.38. The summed E-state index contributed by atoms with van der Waals surface area (Å²) in [7, 11) is -3.23. The number of esters is 1. The maximum absolute atomic E-state index is 12.4. The van der Waals surface area contributed by atoms with Crippen LogP contribution in [0.15, 0.2) is 11.6 Å². The molecule has 0 fully saturated rings. The number of hydrogen-bond donors (Lipinski definition) is 1. The van der Waals surface area contributed by atoms with Crippen molar-refractivity contribution in [3.8, 4) is 0 Å². The van der Waals surface area contributed by atoms with E-state index in [4.69, 9.17) is 13.8 Å². The van der Waals surface area contributed by atoms with Crippen molar-refractivity contribution in [1.29, 1.82) is 0 Å². The first kappa shape index (κ1) is 19.8. The first-order chi connectivity index (χ1) is 9.92. The zero-order valence-corrected chi connectivity index (χ0v) is 13.9. The molecule has 0 aliphatic heterocycles. The van der Waals surface area contributed by atoms with Gasteiger partial charge in [0, 0.05) is 0 Å². The quantitative estimate of drug-likeness (QED) is 0.270. The molecule has 21 heavy (non-hydrogen) atoms. The first-order valence-electron chi connectivity index (χ1n) is 6.84. The summed E-state index contributed by atoms with van der Waals surface area (Å²) in [6.45, 7) is 7.53. The lowest BCUT2D eigenvalue weighted by atomic mass is 10.2. The molecule has 0 aromatic heterocycles. The summed E-state index contributed by atoms with van der Waals surface area (Å²) in [4.78, 5) is 22.2. The van der Waals surface area contributed by atoms with Gasteiger partial charge in [-0.05, 0) is 27.7 Å². The molecule has 1 amide bonds. The van der Waals surface area contributed by atoms with Crippen LogP contribution in [0, 0.1) is 0 Å². The van der Waals surface area contributed by atoms with Gasteiger partial charge in [-0.2, -0.15) is 0 Å². The standard InChI is InChI=1S/C13H24NO6P/c1-5-18-13(16)12(14-10-15)8-11(4)9-21(17,19-6-2)20-7-3/h8,10,12H,5-7,9H2,1-4H3,(H,14,15). The molecule has 1 N–H and O–H groups in total. The Morgan fingerprint density at radius 2 is 1.76 bits per heavy atom. The molecule has 0 aromatic carbocycles. The summed E-state index contributed by atoms with van der Waals surface area (Å²) in [5.41, 5.74) is 0.604. The Labute approximate surface area is 125 Å². The molecule has 0 aliphatic rings. The molecule has 0 spiro atoms. The van der Waals surface area contributed by atoms with Gasteiger partial charge in [-0.15, -0.1) is 0 Å². The number of carbonyl (C=O) groups excluding carboxylic acids is 2. The summed E-state index contributed by atoms with van der Waals surface area (Å²) >= 11 is 0. The van der Waals surface area contributed by atoms with Crippen LogP contribution in [0.5, 0.6) is 0 Å². The zero-order chi connectivity index (χ0) is 16.3. The summed E-state index contributed by atoms with van der Waals surface area (Å²) in [5.74, 6) is -0.577. The minimum atomic E-state index is -3.23. The van der Waals surface area contributed by atoms with Crippen molar-refractivity contribution in [3.63, 3.8) is 0 Å². The van der Waals surface area contributed by atoms with Gasteiger partial charge in [-0.1, -0.05) is 11.6 Å². The molecule has 0 saturated carbocycles. The van der Waals surface area contributed by atoms with Crippen molar-refractivity contribution in [2.75, 3.05) is 26.0 Å². The molecule has 0 rings (SSSR count). The van der Waals surface area contributed by atoms with Gasteiger partial charge in [-0.3, -0.25) is 9.36 Å². The van der Waals surface area contributed by atoms with Gasteiger partial charge in [-0.25, -0.2) is 4.79 Å². The third-order valence-electron chi connectivity index (χ3n) is 2.33. The van der Waals surface area contributed by atoms with E-state index >= 15 is 0 Å². The van der Waals surface area contributed by atoms with Crippen molar-refractivity contribution in [1.82, 2.24) is 5.32 Å². The molecule has 0 saturated heterocycles. The highest BCUT2D eigenvalue weighted by Gasteiger charge is 2.25. The van der Waals surface area contributed by atoms with E-state index in [1.165, 1.54) is 6.08 Å². The highest BCUT2D eigenvalue weighted by Crippen LogP contribution is 2.49. The van der Waals surface area contributed by atoms with Crippen LogP contribution in [0.3, 0.4) is 0 Å². The van der Waals surface area contributed by atoms with E-state index in [2.05, 4.69) is 5.32 Å². The van der Waals surface area contributed by atoms with Crippen molar-refractivity contribution in [3.05, 3.63) is 11.6 Å². The van der Waals surface area contributed by atoms with E-state index in [-0.39, 0.29) is 26.0 Å². The van der Waals surface area contributed by atoms with Crippen LogP contribution < -0.4 is 5.32 Å². The average molecular weight is 321 g/mol. The molecule has 122 valence electrons. The monoisotopic (exact) mass is 321 g/mol. The molecule has 0 heterocycles. The number of allylic oxidation sites excluding steroid dienone is 1. The fourth-order valence-corrected chi connectivity index (χ4v) is 3.41. The highest BCUT2D eigenvalue weighted by atomic mass is 31.2. The third-order valence-corrected chi connectivity index (χ3v) is 4.52. The van der Waals surface area contributed by atoms with Gasteiger partial charge in [0.2, 0.25) is 6.41 Å². The van der Waals surface area contributed by atoms with Gasteiger partial charge < -0.3 is 19.1 Å². The highest BCUT2D eigenvalue weighted by molar-refractivity contribution is 7.54. The Hall–Kier alpha value is -1.17. The Bertz CT molecular complexity index is 399. The van der Waals surface area contributed by atoms with Crippen molar-refractivity contribution in [2.45, 2.75) is 33.7 Å². The van der Waals surface area contributed by atoms with Crippen LogP contribution in [-0.2, 0) is 27.9 Å². The summed E-state index contributed by atoms with van der Waals surface area (Å²) < 4.78 is 27.6. The topological polar surface area (TPSA) is 90.9 Å². The molecule has 8 heteroatoms. The second-order valence-corrected chi connectivity index (χ2v) is 6.19. The van der Waals surface area contributed by atoms with E-state index in [0.717, 1.165) is 0 Å². The van der Waals surface area contributed by atoms with Crippen LogP contribution in [0.4, 0.5) is 0 Å². The number of hydrogen-bond acceptors (Lipinski definition) is 6. The summed E-state index contributed by atoms with van der Waals surface area (Å²) in [6.07, 6.45) is 1.94. The van der Waals surface area contributed by atoms with E-state index < -0.39 is 19.6 Å². The van der Waals surface area contributed by atoms with Gasteiger partial charge >= 0.3 is 13.6 Å². The Morgan fingerprint density at radius 3 is 2.19 bits per heavy atom. The Balaban J connectivity index is 4.97. The molecular weight excluding hydrogens is 297 g/mol. The fraction of sp³-hybridized carbons (Fsp3) is 0.692. The molecule has 0 radical (unpaired) electrons. The second-order valence-electron chi connectivity index (χ2n) is 4.13. The molecule has 0 aromatic rings. The summed E-state index contributed by atoms with van der Waals surface area (Å²) in [6, 6.07) is -0.917. The number of rotatable bonds is 11. The molecule has 0 aliphatic carbocycles. The first-order valence-corrected chi connectivity index (χ1v) is 8.56. The van der Waals surface area contributed by atoms with Crippen molar-refractivity contribution >= 4 is 20.0 Å². The Morgan fingerprint density at radius 1 is 1.19 bits per heavy atom. The van der Waals surface area contributed by atoms with Crippen LogP contribution in [-0.4, -0.2) is 44.4 Å². The minimum Gasteiger partial charge on any atom is -0.464 e. The minimum absolute atomic E-state index is 0.0467. The molecular formula is C13H24NO6P. The maximum Gasteiger partial charge on any atom is 0.334 e. The van der Waals surface area contributed by atoms with Crippen molar-refractivity contribution < 1.29 is 27.9 Å². The van der Waals surface area contributed by atoms with E-state index in [1.54, 1.807) is 27.7 Å². The van der Waals surface area contributed by atoms with Gasteiger partial charge in [0.1, 0.15) is 6.04 Å². The lowest BCUT2D eigenvalue weighted by Crippen LogP contribution is -2.36. The molecule has 1 atom stereocenters. The maximum atomic E-state index is 12.4. The molecule has 0 bridgehead atoms. The van der Waals surface area contributed by atoms with Crippen LogP contribution in [0.25, 0.3) is 0 Å². The van der Waals surface area contributed by atoms with Gasteiger partial charge in [0.05, 0.1) is 26.0 Å². The number of ether oxygens (including phenoxy) is 1. The van der Waals surface area contributed by atoms with Crippen molar-refractivity contribution in [2.24, 2.45) is 0 Å². The van der Waals surface area contributed by atoms with Gasteiger partial charge in [0.15, 0.2) is 0 Å². The fourth-order valence-electron chi connectivity index (χ4n) is 1.65. The number of amides is 1. The smallest absolute Gasteiger partial charge is 0.334 e. The third kappa shape index (κ3) is 7.99. The lowest BCUT2D eigenvalue weighted by molar-refractivity contribution is -0.145. The number of carbonyl (C=O) groups is 2. The molecule has 7 nitrogen and oxygen atoms in total. The van der Waals surface area contributed by atoms with Gasteiger partial charge in [0.25, 0.3) is 0 Å². The molecule has 1 unspecified atom stereocenters. The van der Waals surface area contributed by atoms with Crippen LogP contribution >= 0.6 is 7.60 Å².